The van der Waals surface area contributed by atoms with Crippen LogP contribution >= 0.6 is 0 Å². The summed E-state index contributed by atoms with van der Waals surface area (Å²) in [6, 6.07) is 21.2. The number of nitrogens with one attached hydrogen (secondary N) is 1. The summed E-state index contributed by atoms with van der Waals surface area (Å²) in [5.74, 6) is 0.885. The standard InChI is InChI=1S/C22H24N2/c1-16-14-20(17-8-6-5-7-9-17)21(23-15-16)24-19-12-10-18(11-13-19)22(2,3)4/h5-15H,1-4H3,(H,23,24). The molecule has 0 saturated carbocycles. The van der Waals surface area contributed by atoms with Crippen LogP contribution in [0.25, 0.3) is 11.1 Å². The summed E-state index contributed by atoms with van der Waals surface area (Å²) in [6.07, 6.45) is 1.90. The number of rotatable bonds is 3. The Morgan fingerprint density at radius 3 is 2.17 bits per heavy atom. The van der Waals surface area contributed by atoms with Gasteiger partial charge in [0.25, 0.3) is 0 Å². The Morgan fingerprint density at radius 2 is 1.54 bits per heavy atom. The SMILES string of the molecule is Cc1cnc(Nc2ccc(C(C)(C)C)cc2)c(-c2ccccc2)c1. The summed E-state index contributed by atoms with van der Waals surface area (Å²) in [6.45, 7) is 8.75. The van der Waals surface area contributed by atoms with Gasteiger partial charge in [-0.25, -0.2) is 4.98 Å². The minimum atomic E-state index is 0.163. The Labute approximate surface area is 144 Å². The number of pyridine rings is 1. The molecule has 0 amide bonds. The second-order valence-corrected chi connectivity index (χ2v) is 7.23. The molecule has 0 saturated heterocycles. The van der Waals surface area contributed by atoms with Crippen LogP contribution in [-0.2, 0) is 5.41 Å². The molecule has 0 aliphatic heterocycles. The highest BCUT2D eigenvalue weighted by atomic mass is 15.0. The molecule has 1 heterocycles. The number of anilines is 2. The van der Waals surface area contributed by atoms with Gasteiger partial charge in [0, 0.05) is 17.4 Å². The van der Waals surface area contributed by atoms with E-state index < -0.39 is 0 Å². The maximum Gasteiger partial charge on any atom is 0.138 e. The molecular formula is C22H24N2. The lowest BCUT2D eigenvalue weighted by Crippen LogP contribution is -2.10. The van der Waals surface area contributed by atoms with Crippen molar-refractivity contribution in [3.8, 4) is 11.1 Å². The summed E-state index contributed by atoms with van der Waals surface area (Å²) >= 11 is 0. The molecule has 0 aliphatic carbocycles. The Kier molecular flexibility index (Phi) is 4.39. The molecule has 0 bridgehead atoms. The van der Waals surface area contributed by atoms with E-state index in [4.69, 9.17) is 0 Å². The fraction of sp³-hybridized carbons (Fsp3) is 0.227. The Bertz CT molecular complexity index is 813. The van der Waals surface area contributed by atoms with Crippen molar-refractivity contribution < 1.29 is 0 Å². The van der Waals surface area contributed by atoms with E-state index in [1.807, 2.05) is 12.3 Å². The Balaban J connectivity index is 1.93. The molecular weight excluding hydrogens is 292 g/mol. The number of hydrogen-bond acceptors (Lipinski definition) is 2. The zero-order chi connectivity index (χ0) is 17.2. The predicted molar refractivity (Wildman–Crippen MR) is 103 cm³/mol. The first-order valence-electron chi connectivity index (χ1n) is 8.33. The van der Waals surface area contributed by atoms with Crippen molar-refractivity contribution in [3.05, 3.63) is 78.0 Å². The molecule has 0 aliphatic rings. The van der Waals surface area contributed by atoms with Gasteiger partial charge in [-0.2, -0.15) is 0 Å². The molecule has 0 radical (unpaired) electrons. The number of aryl methyl sites for hydroxylation is 1. The number of nitrogens with zero attached hydrogens (tertiary/aromatic N) is 1. The molecule has 0 atom stereocenters. The summed E-state index contributed by atoms with van der Waals surface area (Å²) in [5, 5.41) is 3.47. The van der Waals surface area contributed by atoms with Crippen molar-refractivity contribution >= 4 is 11.5 Å². The van der Waals surface area contributed by atoms with Crippen LogP contribution in [0, 0.1) is 6.92 Å². The number of hydrogen-bond donors (Lipinski definition) is 1. The van der Waals surface area contributed by atoms with E-state index >= 15 is 0 Å². The van der Waals surface area contributed by atoms with Gasteiger partial charge in [0.15, 0.2) is 0 Å². The first-order valence-corrected chi connectivity index (χ1v) is 8.33. The minimum Gasteiger partial charge on any atom is -0.340 e. The van der Waals surface area contributed by atoms with Crippen molar-refractivity contribution in [2.45, 2.75) is 33.1 Å². The van der Waals surface area contributed by atoms with E-state index in [9.17, 15) is 0 Å². The molecule has 1 aromatic heterocycles. The van der Waals surface area contributed by atoms with Gasteiger partial charge in [-0.15, -0.1) is 0 Å². The third-order valence-corrected chi connectivity index (χ3v) is 4.12. The normalized spacial score (nSPS) is 11.3. The summed E-state index contributed by atoms with van der Waals surface area (Å²) in [5.41, 5.74) is 5.99. The second kappa shape index (κ2) is 6.48. The van der Waals surface area contributed by atoms with Crippen LogP contribution in [0.3, 0.4) is 0 Å². The Morgan fingerprint density at radius 1 is 0.875 bits per heavy atom. The molecule has 0 spiro atoms. The van der Waals surface area contributed by atoms with Gasteiger partial charge < -0.3 is 5.32 Å². The van der Waals surface area contributed by atoms with Crippen LogP contribution in [0.2, 0.25) is 0 Å². The monoisotopic (exact) mass is 316 g/mol. The first kappa shape index (κ1) is 16.3. The van der Waals surface area contributed by atoms with E-state index in [1.165, 1.54) is 11.1 Å². The van der Waals surface area contributed by atoms with Crippen molar-refractivity contribution in [1.29, 1.82) is 0 Å². The maximum atomic E-state index is 4.61. The molecule has 3 rings (SSSR count). The second-order valence-electron chi connectivity index (χ2n) is 7.23. The van der Waals surface area contributed by atoms with Gasteiger partial charge in [-0.3, -0.25) is 0 Å². The summed E-state index contributed by atoms with van der Waals surface area (Å²) in [4.78, 5) is 4.61. The molecule has 0 fully saturated rings. The van der Waals surface area contributed by atoms with Crippen LogP contribution < -0.4 is 5.32 Å². The molecule has 24 heavy (non-hydrogen) atoms. The molecule has 2 heteroatoms. The van der Waals surface area contributed by atoms with E-state index in [-0.39, 0.29) is 5.41 Å². The molecule has 2 aromatic carbocycles. The highest BCUT2D eigenvalue weighted by molar-refractivity contribution is 5.78. The van der Waals surface area contributed by atoms with Gasteiger partial charge in [0.05, 0.1) is 0 Å². The van der Waals surface area contributed by atoms with Crippen LogP contribution in [0.4, 0.5) is 11.5 Å². The van der Waals surface area contributed by atoms with Crippen LogP contribution in [0.1, 0.15) is 31.9 Å². The first-order chi connectivity index (χ1) is 11.4. The smallest absolute Gasteiger partial charge is 0.138 e. The molecule has 0 unspecified atom stereocenters. The molecule has 1 N–H and O–H groups in total. The number of aromatic nitrogens is 1. The maximum absolute atomic E-state index is 4.61. The predicted octanol–water partition coefficient (Wildman–Crippen LogP) is 6.10. The lowest BCUT2D eigenvalue weighted by Gasteiger charge is -2.19. The summed E-state index contributed by atoms with van der Waals surface area (Å²) in [7, 11) is 0. The molecule has 3 aromatic rings. The van der Waals surface area contributed by atoms with Crippen LogP contribution in [0.15, 0.2) is 66.9 Å². The van der Waals surface area contributed by atoms with Gasteiger partial charge in [0.2, 0.25) is 0 Å². The van der Waals surface area contributed by atoms with Gasteiger partial charge in [-0.05, 0) is 47.2 Å². The largest absolute Gasteiger partial charge is 0.340 e. The van der Waals surface area contributed by atoms with E-state index in [1.54, 1.807) is 0 Å². The van der Waals surface area contributed by atoms with E-state index in [0.717, 1.165) is 22.6 Å². The van der Waals surface area contributed by atoms with Crippen LogP contribution in [0.5, 0.6) is 0 Å². The molecule has 122 valence electrons. The van der Waals surface area contributed by atoms with E-state index in [0.29, 0.717) is 0 Å². The lowest BCUT2D eigenvalue weighted by molar-refractivity contribution is 0.590. The van der Waals surface area contributed by atoms with Crippen molar-refractivity contribution in [3.63, 3.8) is 0 Å². The third kappa shape index (κ3) is 3.65. The highest BCUT2D eigenvalue weighted by Crippen LogP contribution is 2.30. The quantitative estimate of drug-likeness (QED) is 0.631. The van der Waals surface area contributed by atoms with Crippen LogP contribution in [-0.4, -0.2) is 4.98 Å². The average Bonchev–Trinajstić information content (AvgIpc) is 2.57. The fourth-order valence-electron chi connectivity index (χ4n) is 2.70. The fourth-order valence-corrected chi connectivity index (χ4v) is 2.70. The highest BCUT2D eigenvalue weighted by Gasteiger charge is 2.13. The zero-order valence-electron chi connectivity index (χ0n) is 14.8. The van der Waals surface area contributed by atoms with Crippen molar-refractivity contribution in [2.24, 2.45) is 0 Å². The van der Waals surface area contributed by atoms with Gasteiger partial charge in [0.1, 0.15) is 5.82 Å². The Hall–Kier alpha value is -2.61. The van der Waals surface area contributed by atoms with Gasteiger partial charge in [-0.1, -0.05) is 63.2 Å². The average molecular weight is 316 g/mol. The van der Waals surface area contributed by atoms with Crippen molar-refractivity contribution in [2.75, 3.05) is 5.32 Å². The number of benzene rings is 2. The third-order valence-electron chi connectivity index (χ3n) is 4.12. The topological polar surface area (TPSA) is 24.9 Å². The minimum absolute atomic E-state index is 0.163. The van der Waals surface area contributed by atoms with Crippen molar-refractivity contribution in [1.82, 2.24) is 4.98 Å². The van der Waals surface area contributed by atoms with Gasteiger partial charge >= 0.3 is 0 Å². The molecule has 2 nitrogen and oxygen atoms in total. The lowest BCUT2D eigenvalue weighted by atomic mass is 9.87. The summed E-state index contributed by atoms with van der Waals surface area (Å²) < 4.78 is 0. The zero-order valence-corrected chi connectivity index (χ0v) is 14.8. The van der Waals surface area contributed by atoms with E-state index in [2.05, 4.69) is 92.6 Å².